The van der Waals surface area contributed by atoms with Crippen molar-refractivity contribution in [1.29, 1.82) is 0 Å². The van der Waals surface area contributed by atoms with Crippen molar-refractivity contribution in [2.45, 2.75) is 18.6 Å². The molecular formula is C18H16Cl3FN2O2. The van der Waals surface area contributed by atoms with Gasteiger partial charge in [-0.3, -0.25) is 9.69 Å². The first-order valence-electron chi connectivity index (χ1n) is 7.87. The molecular weight excluding hydrogens is 402 g/mol. The highest BCUT2D eigenvalue weighted by atomic mass is 35.5. The monoisotopic (exact) mass is 416 g/mol. The third-order valence-corrected chi connectivity index (χ3v) is 5.23. The number of carbonyl (C=O) groups excluding carboxylic acids is 1. The number of benzene rings is 2. The summed E-state index contributed by atoms with van der Waals surface area (Å²) in [7, 11) is 1.73. The van der Waals surface area contributed by atoms with E-state index >= 15 is 0 Å². The van der Waals surface area contributed by atoms with Crippen LogP contribution in [0.25, 0.3) is 0 Å². The van der Waals surface area contributed by atoms with Crippen molar-refractivity contribution in [3.8, 4) is 0 Å². The maximum Gasteiger partial charge on any atom is 0.238 e. The number of aliphatic hydroxyl groups is 1. The highest BCUT2D eigenvalue weighted by Crippen LogP contribution is 2.40. The highest BCUT2D eigenvalue weighted by molar-refractivity contribution is 6.35. The number of amides is 1. The highest BCUT2D eigenvalue weighted by Gasteiger charge is 2.36. The summed E-state index contributed by atoms with van der Waals surface area (Å²) in [6.45, 7) is -0.000988. The first-order chi connectivity index (χ1) is 12.3. The molecule has 1 aliphatic carbocycles. The van der Waals surface area contributed by atoms with E-state index in [9.17, 15) is 14.3 Å². The zero-order valence-electron chi connectivity index (χ0n) is 13.8. The first kappa shape index (κ1) is 19.4. The van der Waals surface area contributed by atoms with Gasteiger partial charge in [-0.2, -0.15) is 0 Å². The molecule has 0 radical (unpaired) electrons. The molecule has 26 heavy (non-hydrogen) atoms. The summed E-state index contributed by atoms with van der Waals surface area (Å²) in [4.78, 5) is 14.0. The van der Waals surface area contributed by atoms with E-state index in [0.29, 0.717) is 22.2 Å². The second kappa shape index (κ2) is 7.71. The molecule has 0 saturated heterocycles. The van der Waals surface area contributed by atoms with Crippen LogP contribution in [0.3, 0.4) is 0 Å². The number of nitrogens with one attached hydrogen (secondary N) is 1. The number of aliphatic hydroxyl groups excluding tert-OH is 1. The van der Waals surface area contributed by atoms with Gasteiger partial charge in [0, 0.05) is 16.5 Å². The van der Waals surface area contributed by atoms with Crippen LogP contribution in [0, 0.1) is 5.82 Å². The molecule has 0 aromatic heterocycles. The fourth-order valence-corrected chi connectivity index (χ4v) is 4.07. The molecule has 1 amide bonds. The van der Waals surface area contributed by atoms with Gasteiger partial charge in [0.05, 0.1) is 29.4 Å². The van der Waals surface area contributed by atoms with Gasteiger partial charge in [-0.05, 0) is 48.5 Å². The van der Waals surface area contributed by atoms with Gasteiger partial charge < -0.3 is 10.4 Å². The number of carbonyl (C=O) groups is 1. The lowest BCUT2D eigenvalue weighted by atomic mass is 10.1. The molecule has 0 heterocycles. The van der Waals surface area contributed by atoms with Crippen LogP contribution in [0.4, 0.5) is 10.1 Å². The van der Waals surface area contributed by atoms with Gasteiger partial charge in [0.25, 0.3) is 0 Å². The molecule has 3 rings (SSSR count). The van der Waals surface area contributed by atoms with Crippen molar-refractivity contribution >= 4 is 46.4 Å². The van der Waals surface area contributed by atoms with E-state index in [2.05, 4.69) is 5.32 Å². The van der Waals surface area contributed by atoms with Crippen LogP contribution in [0.15, 0.2) is 30.3 Å². The molecule has 138 valence electrons. The Bertz CT molecular complexity index is 863. The van der Waals surface area contributed by atoms with Gasteiger partial charge in [-0.15, -0.1) is 0 Å². The number of nitrogens with zero attached hydrogens (tertiary/aromatic N) is 1. The van der Waals surface area contributed by atoms with E-state index in [-0.39, 0.29) is 17.5 Å². The minimum Gasteiger partial charge on any atom is -0.391 e. The van der Waals surface area contributed by atoms with E-state index < -0.39 is 18.0 Å². The minimum atomic E-state index is -0.701. The standard InChI is InChI=1S/C18H16Cl3FN2O2/c1-24(8-17(26)23-15-3-2-10(22)6-14(15)21)18-12-4-9(19)5-13(20)11(12)7-16(18)25/h2-6,16,18,25H,7-8H2,1H3,(H,23,26). The summed E-state index contributed by atoms with van der Waals surface area (Å²) in [5.74, 6) is -0.820. The molecule has 1 aliphatic rings. The van der Waals surface area contributed by atoms with Gasteiger partial charge in [0.15, 0.2) is 0 Å². The van der Waals surface area contributed by atoms with E-state index in [1.54, 1.807) is 24.1 Å². The molecule has 2 aromatic rings. The molecule has 4 nitrogen and oxygen atoms in total. The zero-order chi connectivity index (χ0) is 19.0. The van der Waals surface area contributed by atoms with E-state index in [0.717, 1.165) is 17.2 Å². The van der Waals surface area contributed by atoms with Crippen LogP contribution >= 0.6 is 34.8 Å². The number of hydrogen-bond acceptors (Lipinski definition) is 3. The van der Waals surface area contributed by atoms with Crippen LogP contribution in [-0.4, -0.2) is 35.6 Å². The van der Waals surface area contributed by atoms with Crippen molar-refractivity contribution < 1.29 is 14.3 Å². The Kier molecular flexibility index (Phi) is 5.75. The molecule has 8 heteroatoms. The average molecular weight is 418 g/mol. The Morgan fingerprint density at radius 3 is 2.69 bits per heavy atom. The molecule has 0 aliphatic heterocycles. The molecule has 0 saturated carbocycles. The van der Waals surface area contributed by atoms with Crippen LogP contribution < -0.4 is 5.32 Å². The van der Waals surface area contributed by atoms with Gasteiger partial charge in [0.2, 0.25) is 5.91 Å². The largest absolute Gasteiger partial charge is 0.391 e. The molecule has 2 aromatic carbocycles. The van der Waals surface area contributed by atoms with E-state index in [4.69, 9.17) is 34.8 Å². The van der Waals surface area contributed by atoms with Gasteiger partial charge >= 0.3 is 0 Å². The maximum absolute atomic E-state index is 13.1. The molecule has 0 bridgehead atoms. The van der Waals surface area contributed by atoms with Crippen molar-refractivity contribution in [2.75, 3.05) is 18.9 Å². The number of anilines is 1. The lowest BCUT2D eigenvalue weighted by Gasteiger charge is -2.27. The molecule has 0 spiro atoms. The normalized spacial score (nSPS) is 18.9. The summed E-state index contributed by atoms with van der Waals surface area (Å²) in [6.07, 6.45) is -0.306. The van der Waals surface area contributed by atoms with Crippen LogP contribution in [0.2, 0.25) is 15.1 Å². The van der Waals surface area contributed by atoms with E-state index in [1.165, 1.54) is 12.1 Å². The van der Waals surface area contributed by atoms with Gasteiger partial charge in [-0.25, -0.2) is 4.39 Å². The predicted octanol–water partition coefficient (Wildman–Crippen LogP) is 4.31. The summed E-state index contributed by atoms with van der Waals surface area (Å²) < 4.78 is 13.1. The Labute approximate surface area is 165 Å². The van der Waals surface area contributed by atoms with Crippen molar-refractivity contribution in [1.82, 2.24) is 4.90 Å². The minimum absolute atomic E-state index is 0.000988. The van der Waals surface area contributed by atoms with Crippen LogP contribution in [0.1, 0.15) is 17.2 Å². The van der Waals surface area contributed by atoms with Crippen molar-refractivity contribution in [3.63, 3.8) is 0 Å². The maximum atomic E-state index is 13.1. The molecule has 0 fully saturated rings. The fourth-order valence-electron chi connectivity index (χ4n) is 3.27. The number of hydrogen-bond donors (Lipinski definition) is 2. The van der Waals surface area contributed by atoms with Crippen LogP contribution in [-0.2, 0) is 11.2 Å². The van der Waals surface area contributed by atoms with Crippen molar-refractivity contribution in [2.24, 2.45) is 0 Å². The second-order valence-corrected chi connectivity index (χ2v) is 7.51. The van der Waals surface area contributed by atoms with Crippen LogP contribution in [0.5, 0.6) is 0 Å². The Morgan fingerprint density at radius 1 is 1.27 bits per heavy atom. The Balaban J connectivity index is 1.74. The second-order valence-electron chi connectivity index (χ2n) is 6.26. The lowest BCUT2D eigenvalue weighted by molar-refractivity contribution is -0.118. The predicted molar refractivity (Wildman–Crippen MR) is 102 cm³/mol. The summed E-state index contributed by atoms with van der Waals surface area (Å²) >= 11 is 18.2. The number of rotatable bonds is 4. The third-order valence-electron chi connectivity index (χ3n) is 4.36. The SMILES string of the molecule is CN(CC(=O)Nc1ccc(F)cc1Cl)C1c2cc(Cl)cc(Cl)c2CC1O. The smallest absolute Gasteiger partial charge is 0.238 e. The summed E-state index contributed by atoms with van der Waals surface area (Å²) in [5.41, 5.74) is 1.97. The average Bonchev–Trinajstić information content (AvgIpc) is 2.86. The number of fused-ring (bicyclic) bond motifs is 1. The molecule has 2 atom stereocenters. The summed E-state index contributed by atoms with van der Waals surface area (Å²) in [6, 6.07) is 6.73. The molecule has 2 unspecified atom stereocenters. The third kappa shape index (κ3) is 3.97. The fraction of sp³-hybridized carbons (Fsp3) is 0.278. The van der Waals surface area contributed by atoms with Crippen molar-refractivity contribution in [3.05, 3.63) is 62.3 Å². The lowest BCUT2D eigenvalue weighted by Crippen LogP contribution is -2.37. The Hall–Kier alpha value is -1.37. The first-order valence-corrected chi connectivity index (χ1v) is 9.00. The van der Waals surface area contributed by atoms with Gasteiger partial charge in [-0.1, -0.05) is 34.8 Å². The topological polar surface area (TPSA) is 52.6 Å². The van der Waals surface area contributed by atoms with E-state index in [1.807, 2.05) is 0 Å². The molecule has 2 N–H and O–H groups in total. The van der Waals surface area contributed by atoms with Gasteiger partial charge in [0.1, 0.15) is 5.82 Å². The summed E-state index contributed by atoms with van der Waals surface area (Å²) in [5, 5.41) is 14.2. The number of halogens is 4. The zero-order valence-corrected chi connectivity index (χ0v) is 16.0. The Morgan fingerprint density at radius 2 is 2.00 bits per heavy atom. The quantitative estimate of drug-likeness (QED) is 0.779. The number of likely N-dealkylation sites (N-methyl/N-ethyl adjacent to an activating group) is 1.